The van der Waals surface area contributed by atoms with Crippen LogP contribution in [0.2, 0.25) is 0 Å². The Kier molecular flexibility index (Phi) is 51.5. The molecule has 0 bridgehead atoms. The predicted octanol–water partition coefficient (Wildman–Crippen LogP) is -4.06. The van der Waals surface area contributed by atoms with Crippen molar-refractivity contribution in [1.29, 1.82) is 0 Å². The van der Waals surface area contributed by atoms with Crippen molar-refractivity contribution in [3.05, 3.63) is 0 Å². The monoisotopic (exact) mass is 180 g/mol. The van der Waals surface area contributed by atoms with E-state index in [1.54, 1.807) is 0 Å². The SMILES string of the molecule is OP(O)F.[AlH3].[Ca+2].[H-].[H-].[H-].[Na+]. The number of halogens is 1. The van der Waals surface area contributed by atoms with Crippen LogP contribution in [-0.2, 0) is 0 Å². The molecular formula is H8AlCaFNaO2P. The van der Waals surface area contributed by atoms with Crippen LogP contribution < -0.4 is 29.6 Å². The van der Waals surface area contributed by atoms with Crippen LogP contribution in [0.15, 0.2) is 0 Å². The van der Waals surface area contributed by atoms with Crippen molar-refractivity contribution in [1.82, 2.24) is 0 Å². The molecule has 0 fully saturated rings. The Labute approximate surface area is 110 Å². The summed E-state index contributed by atoms with van der Waals surface area (Å²) in [6, 6.07) is 0. The first-order chi connectivity index (χ1) is 1.73. The van der Waals surface area contributed by atoms with E-state index in [0.29, 0.717) is 0 Å². The van der Waals surface area contributed by atoms with Crippen molar-refractivity contribution in [2.45, 2.75) is 0 Å². The Morgan fingerprint density at radius 2 is 1.43 bits per heavy atom. The van der Waals surface area contributed by atoms with Gasteiger partial charge in [-0.15, -0.1) is 0 Å². The molecule has 0 aromatic heterocycles. The van der Waals surface area contributed by atoms with Gasteiger partial charge in [-0.1, -0.05) is 0 Å². The van der Waals surface area contributed by atoms with Crippen molar-refractivity contribution in [3.63, 3.8) is 0 Å². The molecule has 7 heavy (non-hydrogen) atoms. The van der Waals surface area contributed by atoms with Gasteiger partial charge < -0.3 is 14.1 Å². The Morgan fingerprint density at radius 3 is 1.43 bits per heavy atom. The quantitative estimate of drug-likeness (QED) is 0.294. The van der Waals surface area contributed by atoms with Crippen molar-refractivity contribution in [3.8, 4) is 0 Å². The van der Waals surface area contributed by atoms with E-state index >= 15 is 0 Å². The molecule has 0 amide bonds. The van der Waals surface area contributed by atoms with Crippen LogP contribution >= 0.6 is 8.69 Å². The van der Waals surface area contributed by atoms with Crippen LogP contribution in [-0.4, -0.2) is 64.9 Å². The average Bonchev–Trinajstić information content (AvgIpc) is 0.811. The summed E-state index contributed by atoms with van der Waals surface area (Å²) in [5, 5.41) is 0. The molecule has 0 aliphatic heterocycles. The Bertz CT molecular complexity index is 31.2. The molecule has 2 nitrogen and oxygen atoms in total. The maximum atomic E-state index is 10.2. The van der Waals surface area contributed by atoms with E-state index in [9.17, 15) is 4.20 Å². The largest absolute Gasteiger partial charge is 2.00 e. The topological polar surface area (TPSA) is 40.5 Å². The summed E-state index contributed by atoms with van der Waals surface area (Å²) >= 11 is 0. The van der Waals surface area contributed by atoms with Gasteiger partial charge in [0.1, 0.15) is 0 Å². The van der Waals surface area contributed by atoms with Crippen LogP contribution in [0, 0.1) is 0 Å². The average molecular weight is 180 g/mol. The van der Waals surface area contributed by atoms with E-state index in [1.807, 2.05) is 0 Å². The minimum Gasteiger partial charge on any atom is -1.00 e. The summed E-state index contributed by atoms with van der Waals surface area (Å²) in [5.41, 5.74) is 0. The van der Waals surface area contributed by atoms with Gasteiger partial charge in [-0.05, 0) is 0 Å². The van der Waals surface area contributed by atoms with E-state index < -0.39 is 8.69 Å². The van der Waals surface area contributed by atoms with Crippen LogP contribution in [0.1, 0.15) is 4.28 Å². The normalized spacial score (nSPS) is 5.14. The molecular weight excluding hydrogens is 172 g/mol. The third kappa shape index (κ3) is 48.1. The third-order valence-electron chi connectivity index (χ3n) is 0. The first kappa shape index (κ1) is 22.5. The van der Waals surface area contributed by atoms with Crippen molar-refractivity contribution in [2.75, 3.05) is 0 Å². The third-order valence-corrected chi connectivity index (χ3v) is 0. The van der Waals surface area contributed by atoms with Gasteiger partial charge in [0.25, 0.3) is 0 Å². The van der Waals surface area contributed by atoms with Crippen LogP contribution in [0.25, 0.3) is 0 Å². The molecule has 0 aliphatic carbocycles. The fourth-order valence-corrected chi connectivity index (χ4v) is 0. The van der Waals surface area contributed by atoms with E-state index in [2.05, 4.69) is 0 Å². The van der Waals surface area contributed by atoms with Crippen LogP contribution in [0.3, 0.4) is 0 Å². The summed E-state index contributed by atoms with van der Waals surface area (Å²) < 4.78 is 10.2. The smallest absolute Gasteiger partial charge is 1.00 e. The zero-order valence-corrected chi connectivity index (χ0v) is 8.53. The molecule has 0 atom stereocenters. The summed E-state index contributed by atoms with van der Waals surface area (Å²) in [6.45, 7) is 0. The van der Waals surface area contributed by atoms with Crippen molar-refractivity contribution < 1.29 is 47.8 Å². The van der Waals surface area contributed by atoms with Crippen molar-refractivity contribution in [2.24, 2.45) is 0 Å². The van der Waals surface area contributed by atoms with E-state index in [4.69, 9.17) is 9.79 Å². The molecule has 0 aromatic carbocycles. The molecule has 2 N–H and O–H groups in total. The van der Waals surface area contributed by atoms with Crippen LogP contribution in [0.5, 0.6) is 0 Å². The summed E-state index contributed by atoms with van der Waals surface area (Å²) in [6.07, 6.45) is 0. The molecule has 0 aliphatic rings. The van der Waals surface area contributed by atoms with Gasteiger partial charge in [0.2, 0.25) is 0 Å². The Balaban J connectivity index is -0.00000000300. The maximum Gasteiger partial charge on any atom is 2.00 e. The molecule has 0 unspecified atom stereocenters. The molecule has 0 radical (unpaired) electrons. The van der Waals surface area contributed by atoms with Gasteiger partial charge in [0.15, 0.2) is 17.4 Å². The fourth-order valence-electron chi connectivity index (χ4n) is 0. The minimum atomic E-state index is -3.12. The minimum absolute atomic E-state index is 0. The first-order valence-corrected chi connectivity index (χ1v) is 1.71. The molecule has 0 rings (SSSR count). The zero-order valence-electron chi connectivity index (χ0n) is 6.43. The number of hydrogen-bond acceptors (Lipinski definition) is 2. The molecule has 0 saturated heterocycles. The number of hydrogen-bond donors (Lipinski definition) is 2. The maximum absolute atomic E-state index is 10.2. The van der Waals surface area contributed by atoms with Gasteiger partial charge in [-0.2, -0.15) is 4.20 Å². The Morgan fingerprint density at radius 1 is 1.43 bits per heavy atom. The second kappa shape index (κ2) is 16.0. The molecule has 0 heterocycles. The van der Waals surface area contributed by atoms with Gasteiger partial charge in [-0.25, -0.2) is 0 Å². The number of rotatable bonds is 0. The molecule has 0 spiro atoms. The van der Waals surface area contributed by atoms with Crippen LogP contribution in [0.4, 0.5) is 4.20 Å². The standard InChI is InChI=1S/Al.Ca.FH2O2P.Na.6H/c;;1-4(2)3;;;;;;;/h;;2-3H;;;;;;;/q;+2;;+1;;;;3*-1. The summed E-state index contributed by atoms with van der Waals surface area (Å²) in [5.74, 6) is 0. The second-order valence-electron chi connectivity index (χ2n) is 0.241. The fraction of sp³-hybridized carbons (Fsp3) is 0. The van der Waals surface area contributed by atoms with E-state index in [1.165, 1.54) is 0 Å². The summed E-state index contributed by atoms with van der Waals surface area (Å²) in [4.78, 5) is 14.0. The van der Waals surface area contributed by atoms with Gasteiger partial charge in [0.05, 0.1) is 0 Å². The Hall–Kier alpha value is 3.07. The summed E-state index contributed by atoms with van der Waals surface area (Å²) in [7, 11) is -3.12. The zero-order chi connectivity index (χ0) is 3.58. The molecule has 7 heteroatoms. The molecule has 38 valence electrons. The predicted molar refractivity (Wildman–Crippen MR) is 31.5 cm³/mol. The second-order valence-corrected chi connectivity index (χ2v) is 0.722. The molecule has 0 saturated carbocycles. The van der Waals surface area contributed by atoms with E-state index in [-0.39, 0.29) is 88.9 Å². The van der Waals surface area contributed by atoms with Gasteiger partial charge in [0, 0.05) is 0 Å². The van der Waals surface area contributed by atoms with Crippen molar-refractivity contribution >= 4 is 63.8 Å². The first-order valence-electron chi connectivity index (χ1n) is 0.569. The van der Waals surface area contributed by atoms with Gasteiger partial charge in [-0.3, -0.25) is 0 Å². The van der Waals surface area contributed by atoms with E-state index in [0.717, 1.165) is 0 Å². The van der Waals surface area contributed by atoms with Gasteiger partial charge >= 0.3 is 76.0 Å². The molecule has 0 aromatic rings.